The summed E-state index contributed by atoms with van der Waals surface area (Å²) in [4.78, 5) is 23.6. The lowest BCUT2D eigenvalue weighted by atomic mass is 10.2. The molecule has 1 aliphatic heterocycles. The van der Waals surface area contributed by atoms with Crippen molar-refractivity contribution in [3.63, 3.8) is 0 Å². The molecule has 0 bridgehead atoms. The molecule has 2 amide bonds. The van der Waals surface area contributed by atoms with Gasteiger partial charge in [0.1, 0.15) is 0 Å². The molecule has 1 aromatic carbocycles. The molecule has 1 aromatic rings. The Bertz CT molecular complexity index is 727. The van der Waals surface area contributed by atoms with Gasteiger partial charge in [-0.1, -0.05) is 13.0 Å². The molecule has 3 N–H and O–H groups in total. The average Bonchev–Trinajstić information content (AvgIpc) is 2.61. The largest absolute Gasteiger partial charge is 0.354 e. The Kier molecular flexibility index (Phi) is 9.00. The van der Waals surface area contributed by atoms with Crippen LogP contribution in [0.2, 0.25) is 0 Å². The second kappa shape index (κ2) is 10.5. The van der Waals surface area contributed by atoms with E-state index in [1.807, 2.05) is 0 Å². The van der Waals surface area contributed by atoms with Crippen molar-refractivity contribution in [3.8, 4) is 0 Å². The normalized spacial score (nSPS) is 15.0. The van der Waals surface area contributed by atoms with Crippen molar-refractivity contribution in [2.24, 2.45) is 0 Å². The fourth-order valence-electron chi connectivity index (χ4n) is 2.44. The Morgan fingerprint density at radius 1 is 1.27 bits per heavy atom. The van der Waals surface area contributed by atoms with Gasteiger partial charge in [0.2, 0.25) is 15.9 Å². The molecule has 1 fully saturated rings. The monoisotopic (exact) mass is 404 g/mol. The van der Waals surface area contributed by atoms with Gasteiger partial charge in [-0.05, 0) is 31.2 Å². The Balaban J connectivity index is 0.00000338. The molecule has 146 valence electrons. The highest BCUT2D eigenvalue weighted by Crippen LogP contribution is 2.17. The van der Waals surface area contributed by atoms with Crippen LogP contribution in [0.3, 0.4) is 0 Å². The van der Waals surface area contributed by atoms with E-state index in [4.69, 9.17) is 0 Å². The van der Waals surface area contributed by atoms with Gasteiger partial charge in [-0.25, -0.2) is 8.42 Å². The second-order valence-electron chi connectivity index (χ2n) is 5.72. The molecule has 1 aliphatic rings. The molecule has 0 aliphatic carbocycles. The fourth-order valence-corrected chi connectivity index (χ4v) is 3.88. The second-order valence-corrected chi connectivity index (χ2v) is 7.66. The maximum absolute atomic E-state index is 12.6. The lowest BCUT2D eigenvalue weighted by Gasteiger charge is -2.26. The van der Waals surface area contributed by atoms with E-state index >= 15 is 0 Å². The number of hydrogen-bond acceptors (Lipinski definition) is 5. The molecule has 26 heavy (non-hydrogen) atoms. The predicted molar refractivity (Wildman–Crippen MR) is 101 cm³/mol. The zero-order valence-electron chi connectivity index (χ0n) is 14.7. The van der Waals surface area contributed by atoms with Gasteiger partial charge < -0.3 is 16.0 Å². The number of amides is 2. The maximum atomic E-state index is 12.6. The van der Waals surface area contributed by atoms with Crippen molar-refractivity contribution < 1.29 is 18.0 Å². The van der Waals surface area contributed by atoms with Gasteiger partial charge in [-0.15, -0.1) is 12.4 Å². The van der Waals surface area contributed by atoms with Crippen molar-refractivity contribution in [2.45, 2.75) is 18.2 Å². The number of piperazine rings is 1. The van der Waals surface area contributed by atoms with Crippen LogP contribution in [0.15, 0.2) is 29.2 Å². The zero-order chi connectivity index (χ0) is 18.3. The molecule has 0 atom stereocenters. The van der Waals surface area contributed by atoms with Gasteiger partial charge in [0.05, 0.1) is 11.4 Å². The molecular formula is C16H25ClN4O4S. The zero-order valence-corrected chi connectivity index (χ0v) is 16.3. The molecule has 1 heterocycles. The van der Waals surface area contributed by atoms with Gasteiger partial charge in [-0.3, -0.25) is 9.59 Å². The van der Waals surface area contributed by atoms with Gasteiger partial charge >= 0.3 is 0 Å². The van der Waals surface area contributed by atoms with Gasteiger partial charge in [0, 0.05) is 31.7 Å². The molecule has 0 spiro atoms. The third-order valence-corrected chi connectivity index (χ3v) is 5.59. The lowest BCUT2D eigenvalue weighted by Crippen LogP contribution is -2.49. The minimum absolute atomic E-state index is 0. The van der Waals surface area contributed by atoms with E-state index in [2.05, 4.69) is 22.9 Å². The number of halogens is 1. The summed E-state index contributed by atoms with van der Waals surface area (Å²) in [5, 5.41) is 8.51. The van der Waals surface area contributed by atoms with Crippen LogP contribution in [-0.2, 0) is 14.8 Å². The number of sulfonamides is 1. The van der Waals surface area contributed by atoms with E-state index in [1.54, 1.807) is 6.07 Å². The summed E-state index contributed by atoms with van der Waals surface area (Å²) in [5.41, 5.74) is 0.276. The van der Waals surface area contributed by atoms with E-state index in [0.717, 1.165) is 17.3 Å². The maximum Gasteiger partial charge on any atom is 0.251 e. The molecule has 10 heteroatoms. The lowest BCUT2D eigenvalue weighted by molar-refractivity contribution is -0.122. The van der Waals surface area contributed by atoms with Crippen molar-refractivity contribution in [1.82, 2.24) is 20.3 Å². The van der Waals surface area contributed by atoms with E-state index in [1.165, 1.54) is 18.2 Å². The topological polar surface area (TPSA) is 108 Å². The smallest absolute Gasteiger partial charge is 0.251 e. The van der Waals surface area contributed by atoms with Crippen LogP contribution in [0, 0.1) is 0 Å². The molecule has 0 saturated carbocycles. The summed E-state index contributed by atoms with van der Waals surface area (Å²) in [5.74, 6) is -0.657. The Morgan fingerprint density at radius 3 is 2.73 bits per heavy atom. The summed E-state index contributed by atoms with van der Waals surface area (Å²) >= 11 is 0. The number of nitrogens with one attached hydrogen (secondary N) is 3. The molecule has 0 radical (unpaired) electrons. The van der Waals surface area contributed by atoms with Crippen LogP contribution in [0.1, 0.15) is 23.7 Å². The minimum Gasteiger partial charge on any atom is -0.354 e. The first-order valence-corrected chi connectivity index (χ1v) is 9.75. The van der Waals surface area contributed by atoms with Crippen LogP contribution < -0.4 is 16.0 Å². The number of carbonyl (C=O) groups is 2. The summed E-state index contributed by atoms with van der Waals surface area (Å²) in [6.45, 7) is 4.34. The van der Waals surface area contributed by atoms with Gasteiger partial charge in [0.25, 0.3) is 5.91 Å². The van der Waals surface area contributed by atoms with Crippen LogP contribution in [0.5, 0.6) is 0 Å². The summed E-state index contributed by atoms with van der Waals surface area (Å²) < 4.78 is 26.4. The highest BCUT2D eigenvalue weighted by Gasteiger charge is 2.29. The van der Waals surface area contributed by atoms with E-state index in [0.29, 0.717) is 13.1 Å². The van der Waals surface area contributed by atoms with E-state index in [9.17, 15) is 18.0 Å². The predicted octanol–water partition coefficient (Wildman–Crippen LogP) is -0.0417. The quantitative estimate of drug-likeness (QED) is 0.527. The third-order valence-electron chi connectivity index (χ3n) is 3.75. The van der Waals surface area contributed by atoms with E-state index in [-0.39, 0.29) is 54.3 Å². The van der Waals surface area contributed by atoms with Crippen molar-refractivity contribution in [3.05, 3.63) is 29.8 Å². The molecular weight excluding hydrogens is 380 g/mol. The number of rotatable bonds is 8. The summed E-state index contributed by atoms with van der Waals surface area (Å²) in [6, 6.07) is 5.87. The minimum atomic E-state index is -3.80. The molecule has 0 aromatic heterocycles. The SMILES string of the molecule is CCCNCCNC(=O)c1cccc(S(=O)(=O)N2CCNC(=O)C2)c1.Cl. The van der Waals surface area contributed by atoms with E-state index < -0.39 is 10.0 Å². The third kappa shape index (κ3) is 5.94. The molecule has 8 nitrogen and oxygen atoms in total. The number of nitrogens with zero attached hydrogens (tertiary/aromatic N) is 1. The summed E-state index contributed by atoms with van der Waals surface area (Å²) in [6.07, 6.45) is 1.02. The first-order valence-electron chi connectivity index (χ1n) is 8.31. The average molecular weight is 405 g/mol. The molecule has 2 rings (SSSR count). The Hall–Kier alpha value is -1.68. The van der Waals surface area contributed by atoms with Crippen molar-refractivity contribution in [1.29, 1.82) is 0 Å². The van der Waals surface area contributed by atoms with Gasteiger partial charge in [0.15, 0.2) is 0 Å². The van der Waals surface area contributed by atoms with Crippen LogP contribution in [0.25, 0.3) is 0 Å². The first kappa shape index (κ1) is 22.4. The van der Waals surface area contributed by atoms with Crippen LogP contribution >= 0.6 is 12.4 Å². The number of carbonyl (C=O) groups excluding carboxylic acids is 2. The van der Waals surface area contributed by atoms with Crippen LogP contribution in [0.4, 0.5) is 0 Å². The Morgan fingerprint density at radius 2 is 2.04 bits per heavy atom. The highest BCUT2D eigenvalue weighted by atomic mass is 35.5. The standard InChI is InChI=1S/C16H24N4O4S.ClH/c1-2-6-17-7-8-19-16(22)13-4-3-5-14(11-13)25(23,24)20-10-9-18-15(21)12-20;/h3-5,11,17H,2,6-10,12H2,1H3,(H,18,21)(H,19,22);1H. The van der Waals surface area contributed by atoms with Crippen molar-refractivity contribution >= 4 is 34.2 Å². The number of benzene rings is 1. The van der Waals surface area contributed by atoms with Gasteiger partial charge in [-0.2, -0.15) is 4.31 Å². The highest BCUT2D eigenvalue weighted by molar-refractivity contribution is 7.89. The van der Waals surface area contributed by atoms with Crippen LogP contribution in [-0.4, -0.2) is 63.8 Å². The molecule has 1 saturated heterocycles. The first-order chi connectivity index (χ1) is 11.9. The summed E-state index contributed by atoms with van der Waals surface area (Å²) in [7, 11) is -3.80. The number of hydrogen-bond donors (Lipinski definition) is 3. The Labute approximate surface area is 160 Å². The van der Waals surface area contributed by atoms with Crippen molar-refractivity contribution in [2.75, 3.05) is 39.3 Å². The molecule has 0 unspecified atom stereocenters. The fraction of sp³-hybridized carbons (Fsp3) is 0.500.